The SMILES string of the molecule is CCC(=O)OCCCCCCCCOc1cc2oc(=O)c(-c3ccc(S(=O)(=O)C(F)(F)F)cc3)cc2cn1. The molecule has 3 aromatic rings. The Hall–Kier alpha value is -3.41. The number of aromatic nitrogens is 1. The molecular formula is C26H28F3NO7S. The van der Waals surface area contributed by atoms with Gasteiger partial charge < -0.3 is 13.9 Å². The smallest absolute Gasteiger partial charge is 0.478 e. The highest BCUT2D eigenvalue weighted by atomic mass is 32.2. The summed E-state index contributed by atoms with van der Waals surface area (Å²) in [4.78, 5) is 26.8. The number of hydrogen-bond acceptors (Lipinski definition) is 8. The summed E-state index contributed by atoms with van der Waals surface area (Å²) in [7, 11) is -5.49. The molecule has 0 spiro atoms. The van der Waals surface area contributed by atoms with E-state index >= 15 is 0 Å². The molecule has 8 nitrogen and oxygen atoms in total. The molecule has 0 radical (unpaired) electrons. The van der Waals surface area contributed by atoms with E-state index in [4.69, 9.17) is 13.9 Å². The number of sulfone groups is 1. The number of hydrogen-bond donors (Lipinski definition) is 0. The maximum absolute atomic E-state index is 12.7. The molecule has 0 saturated carbocycles. The molecule has 1 aromatic carbocycles. The number of rotatable bonds is 13. The average Bonchev–Trinajstić information content (AvgIpc) is 2.88. The summed E-state index contributed by atoms with van der Waals surface area (Å²) in [6, 6.07) is 6.76. The number of alkyl halides is 3. The number of ether oxygens (including phenoxy) is 2. The fourth-order valence-electron chi connectivity index (χ4n) is 3.60. The first-order chi connectivity index (χ1) is 18.0. The van der Waals surface area contributed by atoms with E-state index < -0.39 is 25.9 Å². The van der Waals surface area contributed by atoms with Gasteiger partial charge in [0.1, 0.15) is 5.58 Å². The van der Waals surface area contributed by atoms with Gasteiger partial charge in [0.05, 0.1) is 23.7 Å². The molecule has 2 aromatic heterocycles. The molecule has 0 saturated heterocycles. The van der Waals surface area contributed by atoms with Gasteiger partial charge in [-0.3, -0.25) is 4.79 Å². The predicted octanol–water partition coefficient (Wildman–Crippen LogP) is 5.82. The number of nitrogens with zero attached hydrogens (tertiary/aromatic N) is 1. The highest BCUT2D eigenvalue weighted by Gasteiger charge is 2.46. The summed E-state index contributed by atoms with van der Waals surface area (Å²) >= 11 is 0. The van der Waals surface area contributed by atoms with Crippen molar-refractivity contribution in [2.24, 2.45) is 0 Å². The second-order valence-corrected chi connectivity index (χ2v) is 10.5. The largest absolute Gasteiger partial charge is 0.501 e. The van der Waals surface area contributed by atoms with Crippen molar-refractivity contribution in [1.29, 1.82) is 0 Å². The number of esters is 1. The summed E-state index contributed by atoms with van der Waals surface area (Å²) in [5.74, 6) is 0.106. The van der Waals surface area contributed by atoms with Gasteiger partial charge in [0.2, 0.25) is 5.88 Å². The van der Waals surface area contributed by atoms with Crippen molar-refractivity contribution in [3.63, 3.8) is 0 Å². The first-order valence-electron chi connectivity index (χ1n) is 12.2. The van der Waals surface area contributed by atoms with Gasteiger partial charge >= 0.3 is 17.1 Å². The lowest BCUT2D eigenvalue weighted by molar-refractivity contribution is -0.143. The van der Waals surface area contributed by atoms with Gasteiger partial charge in [-0.1, -0.05) is 44.7 Å². The van der Waals surface area contributed by atoms with Gasteiger partial charge in [0.15, 0.2) is 0 Å². The van der Waals surface area contributed by atoms with E-state index in [1.165, 1.54) is 18.3 Å². The predicted molar refractivity (Wildman–Crippen MR) is 133 cm³/mol. The van der Waals surface area contributed by atoms with E-state index in [0.29, 0.717) is 25.0 Å². The van der Waals surface area contributed by atoms with Crippen molar-refractivity contribution in [2.75, 3.05) is 13.2 Å². The van der Waals surface area contributed by atoms with Crippen LogP contribution in [0.2, 0.25) is 0 Å². The Morgan fingerprint density at radius 2 is 1.61 bits per heavy atom. The Labute approximate surface area is 217 Å². The number of pyridine rings is 1. The highest BCUT2D eigenvalue weighted by Crippen LogP contribution is 2.31. The van der Waals surface area contributed by atoms with E-state index in [-0.39, 0.29) is 28.6 Å². The minimum absolute atomic E-state index is 0.0486. The van der Waals surface area contributed by atoms with Crippen LogP contribution in [0, 0.1) is 0 Å². The lowest BCUT2D eigenvalue weighted by Crippen LogP contribution is -2.23. The zero-order chi connectivity index (χ0) is 27.8. The Kier molecular flexibility index (Phi) is 9.90. The fraction of sp³-hybridized carbons (Fsp3) is 0.423. The van der Waals surface area contributed by atoms with Crippen LogP contribution in [0.15, 0.2) is 56.7 Å². The molecule has 38 heavy (non-hydrogen) atoms. The van der Waals surface area contributed by atoms with E-state index in [9.17, 15) is 31.2 Å². The van der Waals surface area contributed by atoms with Crippen molar-refractivity contribution >= 4 is 26.8 Å². The fourth-order valence-corrected chi connectivity index (χ4v) is 4.36. The molecule has 0 amide bonds. The number of fused-ring (bicyclic) bond motifs is 1. The Bertz CT molecular complexity index is 1400. The standard InChI is InChI=1S/C26H28F3NO7S/c1-2-24(31)36-14-8-6-4-3-5-7-13-35-23-16-22-19(17-30-23)15-21(25(32)37-22)18-9-11-20(12-10-18)38(33,34)26(27,28)29/h9-12,15-17H,2-8,13-14H2,1H3. The van der Waals surface area contributed by atoms with Crippen LogP contribution in [0.1, 0.15) is 51.9 Å². The normalized spacial score (nSPS) is 12.0. The van der Waals surface area contributed by atoms with Gasteiger partial charge in [-0.15, -0.1) is 0 Å². The van der Waals surface area contributed by atoms with Crippen molar-refractivity contribution in [2.45, 2.75) is 62.3 Å². The van der Waals surface area contributed by atoms with E-state index in [1.54, 1.807) is 6.92 Å². The van der Waals surface area contributed by atoms with E-state index in [0.717, 1.165) is 62.8 Å². The van der Waals surface area contributed by atoms with Crippen LogP contribution in [-0.2, 0) is 19.4 Å². The maximum atomic E-state index is 12.7. The number of benzene rings is 1. The van der Waals surface area contributed by atoms with Crippen molar-refractivity contribution in [3.8, 4) is 17.0 Å². The van der Waals surface area contributed by atoms with Crippen LogP contribution in [0.5, 0.6) is 5.88 Å². The summed E-state index contributed by atoms with van der Waals surface area (Å²) in [5, 5.41) is 0.462. The second kappa shape index (κ2) is 12.9. The van der Waals surface area contributed by atoms with Crippen molar-refractivity contribution in [3.05, 3.63) is 53.0 Å². The monoisotopic (exact) mass is 555 g/mol. The topological polar surface area (TPSA) is 113 Å². The zero-order valence-corrected chi connectivity index (χ0v) is 21.6. The molecule has 0 atom stereocenters. The molecule has 12 heteroatoms. The van der Waals surface area contributed by atoms with Crippen LogP contribution < -0.4 is 10.4 Å². The quantitative estimate of drug-likeness (QED) is 0.192. The van der Waals surface area contributed by atoms with Gasteiger partial charge in [0.25, 0.3) is 9.84 Å². The molecule has 0 aliphatic carbocycles. The van der Waals surface area contributed by atoms with E-state index in [2.05, 4.69) is 4.98 Å². The molecule has 3 rings (SSSR count). The Balaban J connectivity index is 1.53. The van der Waals surface area contributed by atoms with Gasteiger partial charge in [0, 0.05) is 24.1 Å². The third kappa shape index (κ3) is 7.56. The van der Waals surface area contributed by atoms with Crippen molar-refractivity contribution < 1.29 is 40.3 Å². The lowest BCUT2D eigenvalue weighted by atomic mass is 10.1. The second-order valence-electron chi connectivity index (χ2n) is 8.53. The minimum atomic E-state index is -5.49. The molecule has 0 aliphatic heterocycles. The molecular weight excluding hydrogens is 527 g/mol. The summed E-state index contributed by atoms with van der Waals surface area (Å²) in [6.45, 7) is 2.65. The van der Waals surface area contributed by atoms with Gasteiger partial charge in [-0.2, -0.15) is 13.2 Å². The maximum Gasteiger partial charge on any atom is 0.501 e. The number of carbonyl (C=O) groups excluding carboxylic acids is 1. The summed E-state index contributed by atoms with van der Waals surface area (Å²) < 4.78 is 77.3. The number of carbonyl (C=O) groups is 1. The van der Waals surface area contributed by atoms with Crippen LogP contribution in [0.4, 0.5) is 13.2 Å². The number of halogens is 3. The first-order valence-corrected chi connectivity index (χ1v) is 13.7. The summed E-state index contributed by atoms with van der Waals surface area (Å²) in [6.07, 6.45) is 7.51. The molecule has 0 unspecified atom stereocenters. The van der Waals surface area contributed by atoms with Crippen LogP contribution in [-0.4, -0.2) is 38.1 Å². The Morgan fingerprint density at radius 3 is 2.24 bits per heavy atom. The minimum Gasteiger partial charge on any atom is -0.478 e. The molecule has 0 aliphatic rings. The van der Waals surface area contributed by atoms with E-state index in [1.807, 2.05) is 0 Å². The van der Waals surface area contributed by atoms with Crippen LogP contribution in [0.3, 0.4) is 0 Å². The van der Waals surface area contributed by atoms with Crippen LogP contribution in [0.25, 0.3) is 22.1 Å². The molecule has 0 N–H and O–H groups in total. The third-order valence-corrected chi connectivity index (χ3v) is 7.22. The first kappa shape index (κ1) is 29.2. The molecule has 0 bridgehead atoms. The average molecular weight is 556 g/mol. The van der Waals surface area contributed by atoms with Crippen molar-refractivity contribution in [1.82, 2.24) is 4.98 Å². The highest BCUT2D eigenvalue weighted by molar-refractivity contribution is 7.92. The van der Waals surface area contributed by atoms with Gasteiger partial charge in [-0.05, 0) is 36.6 Å². The third-order valence-electron chi connectivity index (χ3n) is 5.71. The zero-order valence-electron chi connectivity index (χ0n) is 20.8. The summed E-state index contributed by atoms with van der Waals surface area (Å²) in [5.41, 5.74) is -5.69. The van der Waals surface area contributed by atoms with Crippen LogP contribution >= 0.6 is 0 Å². The molecule has 2 heterocycles. The number of unbranched alkanes of at least 4 members (excludes halogenated alkanes) is 5. The molecule has 0 fully saturated rings. The lowest BCUT2D eigenvalue weighted by Gasteiger charge is -2.09. The Morgan fingerprint density at radius 1 is 0.974 bits per heavy atom. The van der Waals surface area contributed by atoms with Gasteiger partial charge in [-0.25, -0.2) is 18.2 Å². The molecule has 206 valence electrons.